The zero-order chi connectivity index (χ0) is 14.1. The van der Waals surface area contributed by atoms with Gasteiger partial charge >= 0.3 is 0 Å². The van der Waals surface area contributed by atoms with E-state index in [-0.39, 0.29) is 11.7 Å². The number of aromatic nitrogens is 2. The third-order valence-corrected chi connectivity index (χ3v) is 4.00. The van der Waals surface area contributed by atoms with Crippen LogP contribution in [0.25, 0.3) is 11.0 Å². The molecule has 104 valence electrons. The largest absolute Gasteiger partial charge is 0.469 e. The van der Waals surface area contributed by atoms with E-state index in [1.807, 2.05) is 16.7 Å². The predicted octanol–water partition coefficient (Wildman–Crippen LogP) is 4.51. The zero-order valence-electron chi connectivity index (χ0n) is 10.4. The van der Waals surface area contributed by atoms with E-state index in [9.17, 15) is 4.39 Å². The molecule has 0 aliphatic carbocycles. The first-order valence-corrected chi connectivity index (χ1v) is 7.44. The number of alkyl halides is 1. The van der Waals surface area contributed by atoms with Crippen LogP contribution in [0, 0.1) is 5.82 Å². The lowest BCUT2D eigenvalue weighted by Crippen LogP contribution is -2.04. The number of hydrogen-bond acceptors (Lipinski definition) is 2. The SMILES string of the molecule is Fc1cc2nc(CCl)n(CCc3ccco3)c2cc1Br. The zero-order valence-corrected chi connectivity index (χ0v) is 12.8. The van der Waals surface area contributed by atoms with Crippen LogP contribution in [0.2, 0.25) is 0 Å². The number of fused-ring (bicyclic) bond motifs is 1. The third kappa shape index (κ3) is 2.47. The summed E-state index contributed by atoms with van der Waals surface area (Å²) in [6.45, 7) is 0.685. The summed E-state index contributed by atoms with van der Waals surface area (Å²) in [6, 6.07) is 6.93. The first-order valence-electron chi connectivity index (χ1n) is 6.11. The Hall–Kier alpha value is -1.33. The minimum Gasteiger partial charge on any atom is -0.469 e. The molecule has 0 saturated carbocycles. The van der Waals surface area contributed by atoms with Crippen LogP contribution in [0.4, 0.5) is 4.39 Å². The van der Waals surface area contributed by atoms with Gasteiger partial charge in [-0.25, -0.2) is 9.37 Å². The highest BCUT2D eigenvalue weighted by Crippen LogP contribution is 2.25. The van der Waals surface area contributed by atoms with Crippen molar-refractivity contribution in [1.29, 1.82) is 0 Å². The average Bonchev–Trinajstić information content (AvgIpc) is 3.05. The molecule has 3 rings (SSSR count). The van der Waals surface area contributed by atoms with Crippen LogP contribution in [-0.2, 0) is 18.8 Å². The van der Waals surface area contributed by atoms with Crippen LogP contribution >= 0.6 is 27.5 Å². The van der Waals surface area contributed by atoms with Gasteiger partial charge in [0.15, 0.2) is 0 Å². The van der Waals surface area contributed by atoms with Crippen molar-refractivity contribution in [2.45, 2.75) is 18.8 Å². The Morgan fingerprint density at radius 3 is 2.95 bits per heavy atom. The second-order valence-corrected chi connectivity index (χ2v) is 5.52. The Morgan fingerprint density at radius 1 is 1.40 bits per heavy atom. The van der Waals surface area contributed by atoms with E-state index < -0.39 is 0 Å². The van der Waals surface area contributed by atoms with Gasteiger partial charge < -0.3 is 8.98 Å². The molecule has 2 aromatic heterocycles. The Morgan fingerprint density at radius 2 is 2.25 bits per heavy atom. The molecule has 0 fully saturated rings. The summed E-state index contributed by atoms with van der Waals surface area (Å²) in [5.41, 5.74) is 1.47. The molecule has 0 aliphatic rings. The molecule has 0 aliphatic heterocycles. The third-order valence-electron chi connectivity index (χ3n) is 3.15. The minimum atomic E-state index is -0.325. The number of benzene rings is 1. The molecular weight excluding hydrogens is 347 g/mol. The van der Waals surface area contributed by atoms with Crippen LogP contribution in [0.3, 0.4) is 0 Å². The van der Waals surface area contributed by atoms with E-state index in [1.165, 1.54) is 6.07 Å². The highest BCUT2D eigenvalue weighted by molar-refractivity contribution is 9.10. The molecular formula is C14H11BrClFN2O. The monoisotopic (exact) mass is 356 g/mol. The van der Waals surface area contributed by atoms with Gasteiger partial charge in [-0.3, -0.25) is 0 Å². The van der Waals surface area contributed by atoms with E-state index >= 15 is 0 Å². The van der Waals surface area contributed by atoms with Crippen molar-refractivity contribution in [1.82, 2.24) is 9.55 Å². The van der Waals surface area contributed by atoms with Crippen molar-refractivity contribution in [3.05, 3.63) is 52.4 Å². The molecule has 0 saturated heterocycles. The summed E-state index contributed by atoms with van der Waals surface area (Å²) >= 11 is 9.14. The van der Waals surface area contributed by atoms with Gasteiger partial charge in [-0.2, -0.15) is 0 Å². The summed E-state index contributed by atoms with van der Waals surface area (Å²) < 4.78 is 21.3. The van der Waals surface area contributed by atoms with Crippen LogP contribution in [0.5, 0.6) is 0 Å². The van der Waals surface area contributed by atoms with E-state index in [0.29, 0.717) is 16.5 Å². The summed E-state index contributed by atoms with van der Waals surface area (Å²) in [7, 11) is 0. The lowest BCUT2D eigenvalue weighted by Gasteiger charge is -2.06. The molecule has 2 heterocycles. The van der Waals surface area contributed by atoms with Gasteiger partial charge in [0.1, 0.15) is 17.4 Å². The first kappa shape index (κ1) is 13.6. The van der Waals surface area contributed by atoms with Crippen molar-refractivity contribution in [2.75, 3.05) is 0 Å². The first-order chi connectivity index (χ1) is 9.69. The predicted molar refractivity (Wildman–Crippen MR) is 79.4 cm³/mol. The quantitative estimate of drug-likeness (QED) is 0.643. The van der Waals surface area contributed by atoms with Gasteiger partial charge in [-0.1, -0.05) is 0 Å². The number of rotatable bonds is 4. The number of aryl methyl sites for hydroxylation is 2. The summed E-state index contributed by atoms with van der Waals surface area (Å²) in [4.78, 5) is 4.37. The highest BCUT2D eigenvalue weighted by Gasteiger charge is 2.13. The normalized spacial score (nSPS) is 11.3. The molecule has 0 bridgehead atoms. The Kier molecular flexibility index (Phi) is 3.81. The van der Waals surface area contributed by atoms with Crippen molar-refractivity contribution in [3.63, 3.8) is 0 Å². The standard InChI is InChI=1S/C14H11BrClFN2O/c15-10-6-13-12(7-11(10)17)18-14(8-16)19(13)4-3-9-2-1-5-20-9/h1-2,5-7H,3-4,8H2. The minimum absolute atomic E-state index is 0.284. The molecule has 0 radical (unpaired) electrons. The smallest absolute Gasteiger partial charge is 0.139 e. The molecule has 6 heteroatoms. The van der Waals surface area contributed by atoms with Gasteiger partial charge in [-0.15, -0.1) is 11.6 Å². The molecule has 0 N–H and O–H groups in total. The number of imidazole rings is 1. The molecule has 20 heavy (non-hydrogen) atoms. The fourth-order valence-electron chi connectivity index (χ4n) is 2.20. The van der Waals surface area contributed by atoms with Crippen LogP contribution < -0.4 is 0 Å². The van der Waals surface area contributed by atoms with E-state index in [4.69, 9.17) is 16.0 Å². The number of halogens is 3. The molecule has 0 atom stereocenters. The lowest BCUT2D eigenvalue weighted by atomic mass is 10.3. The van der Waals surface area contributed by atoms with Gasteiger partial charge in [0.25, 0.3) is 0 Å². The summed E-state index contributed by atoms with van der Waals surface area (Å²) in [6.07, 6.45) is 2.38. The number of furan rings is 1. The fourth-order valence-corrected chi connectivity index (χ4v) is 2.73. The van der Waals surface area contributed by atoms with E-state index in [2.05, 4.69) is 20.9 Å². The van der Waals surface area contributed by atoms with Crippen molar-refractivity contribution in [3.8, 4) is 0 Å². The molecule has 3 aromatic rings. The summed E-state index contributed by atoms with van der Waals surface area (Å²) in [5.74, 6) is 1.58. The van der Waals surface area contributed by atoms with Gasteiger partial charge in [-0.05, 0) is 34.1 Å². The van der Waals surface area contributed by atoms with E-state index in [1.54, 1.807) is 12.3 Å². The van der Waals surface area contributed by atoms with E-state index in [0.717, 1.165) is 23.5 Å². The van der Waals surface area contributed by atoms with Gasteiger partial charge in [0.05, 0.1) is 27.6 Å². The molecule has 0 amide bonds. The lowest BCUT2D eigenvalue weighted by molar-refractivity contribution is 0.491. The van der Waals surface area contributed by atoms with Gasteiger partial charge in [0.2, 0.25) is 0 Å². The fraction of sp³-hybridized carbons (Fsp3) is 0.214. The highest BCUT2D eigenvalue weighted by atomic mass is 79.9. The topological polar surface area (TPSA) is 31.0 Å². The molecule has 0 spiro atoms. The van der Waals surface area contributed by atoms with Crippen LogP contribution in [-0.4, -0.2) is 9.55 Å². The number of hydrogen-bond donors (Lipinski definition) is 0. The average molecular weight is 358 g/mol. The Balaban J connectivity index is 2.01. The maximum Gasteiger partial charge on any atom is 0.139 e. The van der Waals surface area contributed by atoms with Crippen molar-refractivity contribution < 1.29 is 8.81 Å². The van der Waals surface area contributed by atoms with Crippen LogP contribution in [0.1, 0.15) is 11.6 Å². The second kappa shape index (κ2) is 5.58. The van der Waals surface area contributed by atoms with Crippen LogP contribution in [0.15, 0.2) is 39.4 Å². The Bertz CT molecular complexity index is 739. The van der Waals surface area contributed by atoms with Crippen molar-refractivity contribution >= 4 is 38.6 Å². The maximum atomic E-state index is 13.6. The van der Waals surface area contributed by atoms with Crippen molar-refractivity contribution in [2.24, 2.45) is 0 Å². The summed E-state index contributed by atoms with van der Waals surface area (Å²) in [5, 5.41) is 0. The maximum absolute atomic E-state index is 13.6. The second-order valence-electron chi connectivity index (χ2n) is 4.40. The van der Waals surface area contributed by atoms with Gasteiger partial charge in [0, 0.05) is 19.0 Å². The molecule has 0 unspecified atom stereocenters. The molecule has 3 nitrogen and oxygen atoms in total. The number of nitrogens with zero attached hydrogens (tertiary/aromatic N) is 2. The molecule has 1 aromatic carbocycles. The Labute approximate surface area is 128 Å².